The Morgan fingerprint density at radius 3 is 3.00 bits per heavy atom. The summed E-state index contributed by atoms with van der Waals surface area (Å²) in [5.41, 5.74) is 0. The van der Waals surface area contributed by atoms with Crippen molar-refractivity contribution < 1.29 is 4.52 Å². The average Bonchev–Trinajstić information content (AvgIpc) is 2.74. The highest BCUT2D eigenvalue weighted by molar-refractivity contribution is 6.17. The number of nitrogens with zero attached hydrogens (tertiary/aromatic N) is 2. The molecule has 1 fully saturated rings. The molecule has 78 valence electrons. The molecule has 1 aliphatic carbocycles. The standard InChI is InChI=1S/C10H15ClN2O/c1-7-2-3-8(6-7)10-12-9(4-5-11)14-13-10/h7-8H,2-6H2,1H3. The molecule has 1 aromatic heterocycles. The van der Waals surface area contributed by atoms with Gasteiger partial charge in [-0.3, -0.25) is 0 Å². The molecule has 0 saturated heterocycles. The van der Waals surface area contributed by atoms with Crippen molar-refractivity contribution in [3.05, 3.63) is 11.7 Å². The van der Waals surface area contributed by atoms with Gasteiger partial charge in [-0.25, -0.2) is 0 Å². The fraction of sp³-hybridized carbons (Fsp3) is 0.800. The second kappa shape index (κ2) is 4.30. The number of alkyl halides is 1. The van der Waals surface area contributed by atoms with Crippen LogP contribution in [0.5, 0.6) is 0 Å². The molecule has 3 nitrogen and oxygen atoms in total. The van der Waals surface area contributed by atoms with Crippen LogP contribution in [0.3, 0.4) is 0 Å². The first-order valence-electron chi connectivity index (χ1n) is 5.18. The summed E-state index contributed by atoms with van der Waals surface area (Å²) in [6.07, 6.45) is 4.35. The molecule has 0 aromatic carbocycles. The highest BCUT2D eigenvalue weighted by Gasteiger charge is 2.26. The topological polar surface area (TPSA) is 38.9 Å². The Balaban J connectivity index is 2.02. The van der Waals surface area contributed by atoms with E-state index in [2.05, 4.69) is 17.1 Å². The zero-order valence-electron chi connectivity index (χ0n) is 8.37. The van der Waals surface area contributed by atoms with Crippen molar-refractivity contribution in [3.63, 3.8) is 0 Å². The van der Waals surface area contributed by atoms with Crippen molar-refractivity contribution in [2.45, 2.75) is 38.5 Å². The van der Waals surface area contributed by atoms with Crippen molar-refractivity contribution >= 4 is 11.6 Å². The number of hydrogen-bond acceptors (Lipinski definition) is 3. The molecule has 2 rings (SSSR count). The monoisotopic (exact) mass is 214 g/mol. The van der Waals surface area contributed by atoms with Gasteiger partial charge < -0.3 is 4.52 Å². The molecule has 0 aliphatic heterocycles. The summed E-state index contributed by atoms with van der Waals surface area (Å²) in [7, 11) is 0. The molecule has 0 spiro atoms. The smallest absolute Gasteiger partial charge is 0.227 e. The molecule has 1 heterocycles. The van der Waals surface area contributed by atoms with Gasteiger partial charge in [-0.1, -0.05) is 12.1 Å². The van der Waals surface area contributed by atoms with Gasteiger partial charge >= 0.3 is 0 Å². The van der Waals surface area contributed by atoms with Gasteiger partial charge in [-0.15, -0.1) is 11.6 Å². The first-order valence-corrected chi connectivity index (χ1v) is 5.71. The lowest BCUT2D eigenvalue weighted by Gasteiger charge is -2.01. The van der Waals surface area contributed by atoms with Crippen molar-refractivity contribution in [1.82, 2.24) is 10.1 Å². The number of hydrogen-bond donors (Lipinski definition) is 0. The number of rotatable bonds is 3. The van der Waals surface area contributed by atoms with Crippen LogP contribution in [0.4, 0.5) is 0 Å². The maximum Gasteiger partial charge on any atom is 0.227 e. The predicted octanol–water partition coefficient (Wildman–Crippen LogP) is 2.75. The van der Waals surface area contributed by atoms with Crippen molar-refractivity contribution in [2.24, 2.45) is 5.92 Å². The summed E-state index contributed by atoms with van der Waals surface area (Å²) >= 11 is 5.60. The lowest BCUT2D eigenvalue weighted by Crippen LogP contribution is -1.96. The summed E-state index contributed by atoms with van der Waals surface area (Å²) in [6.45, 7) is 2.28. The highest BCUT2D eigenvalue weighted by atomic mass is 35.5. The van der Waals surface area contributed by atoms with E-state index in [0.29, 0.717) is 24.1 Å². The third kappa shape index (κ3) is 2.08. The third-order valence-electron chi connectivity index (χ3n) is 2.85. The van der Waals surface area contributed by atoms with Crippen LogP contribution in [0, 0.1) is 5.92 Å². The Bertz CT molecular complexity index is 300. The van der Waals surface area contributed by atoms with Gasteiger partial charge in [0.05, 0.1) is 0 Å². The van der Waals surface area contributed by atoms with Crippen LogP contribution in [0.2, 0.25) is 0 Å². The largest absolute Gasteiger partial charge is 0.339 e. The Hall–Kier alpha value is -0.570. The van der Waals surface area contributed by atoms with Crippen LogP contribution < -0.4 is 0 Å². The minimum atomic E-state index is 0.512. The normalized spacial score (nSPS) is 27.0. The fourth-order valence-electron chi connectivity index (χ4n) is 2.06. The van der Waals surface area contributed by atoms with E-state index >= 15 is 0 Å². The molecule has 0 amide bonds. The van der Waals surface area contributed by atoms with Crippen molar-refractivity contribution in [3.8, 4) is 0 Å². The van der Waals surface area contributed by atoms with Crippen LogP contribution >= 0.6 is 11.6 Å². The molecule has 1 saturated carbocycles. The van der Waals surface area contributed by atoms with Gasteiger partial charge in [0.15, 0.2) is 5.82 Å². The maximum atomic E-state index is 5.60. The molecule has 0 bridgehead atoms. The lowest BCUT2D eigenvalue weighted by molar-refractivity contribution is 0.373. The second-order valence-electron chi connectivity index (χ2n) is 4.10. The highest BCUT2D eigenvalue weighted by Crippen LogP contribution is 2.36. The van der Waals surface area contributed by atoms with Crippen LogP contribution in [-0.4, -0.2) is 16.0 Å². The summed E-state index contributed by atoms with van der Waals surface area (Å²) < 4.78 is 5.11. The zero-order valence-corrected chi connectivity index (χ0v) is 9.13. The Kier molecular flexibility index (Phi) is 3.06. The van der Waals surface area contributed by atoms with Gasteiger partial charge in [0.2, 0.25) is 5.89 Å². The molecule has 14 heavy (non-hydrogen) atoms. The Labute approximate surface area is 88.8 Å². The first-order chi connectivity index (χ1) is 6.79. The molecule has 2 atom stereocenters. The van der Waals surface area contributed by atoms with Crippen LogP contribution in [0.1, 0.15) is 43.8 Å². The molecule has 1 aromatic rings. The van der Waals surface area contributed by atoms with Crippen LogP contribution in [-0.2, 0) is 6.42 Å². The molecule has 2 unspecified atom stereocenters. The van der Waals surface area contributed by atoms with E-state index in [1.807, 2.05) is 0 Å². The summed E-state index contributed by atoms with van der Waals surface area (Å²) in [6, 6.07) is 0. The first kappa shape index (κ1) is 9.97. The number of aromatic nitrogens is 2. The van der Waals surface area contributed by atoms with Gasteiger partial charge in [0.25, 0.3) is 0 Å². The maximum absolute atomic E-state index is 5.60. The van der Waals surface area contributed by atoms with Gasteiger partial charge in [0, 0.05) is 18.2 Å². The lowest BCUT2D eigenvalue weighted by atomic mass is 10.1. The van der Waals surface area contributed by atoms with Crippen molar-refractivity contribution in [2.75, 3.05) is 5.88 Å². The summed E-state index contributed by atoms with van der Waals surface area (Å²) in [5.74, 6) is 3.42. The SMILES string of the molecule is CC1CCC(c2noc(CCCl)n2)C1. The molecule has 0 radical (unpaired) electrons. The molecule has 4 heteroatoms. The molecular formula is C10H15ClN2O. The van der Waals surface area contributed by atoms with Gasteiger partial charge in [0.1, 0.15) is 0 Å². The van der Waals surface area contributed by atoms with Gasteiger partial charge in [-0.2, -0.15) is 4.98 Å². The Morgan fingerprint density at radius 2 is 2.36 bits per heavy atom. The quantitative estimate of drug-likeness (QED) is 0.727. The number of halogens is 1. The van der Waals surface area contributed by atoms with Crippen LogP contribution in [0.15, 0.2) is 4.52 Å². The van der Waals surface area contributed by atoms with E-state index < -0.39 is 0 Å². The molecular weight excluding hydrogens is 200 g/mol. The van der Waals surface area contributed by atoms with Gasteiger partial charge in [-0.05, 0) is 25.2 Å². The minimum absolute atomic E-state index is 0.512. The molecule has 1 aliphatic rings. The third-order valence-corrected chi connectivity index (χ3v) is 3.04. The predicted molar refractivity (Wildman–Crippen MR) is 54.5 cm³/mol. The van der Waals surface area contributed by atoms with E-state index in [1.165, 1.54) is 19.3 Å². The second-order valence-corrected chi connectivity index (χ2v) is 4.48. The fourth-order valence-corrected chi connectivity index (χ4v) is 2.22. The number of aryl methyl sites for hydroxylation is 1. The molecule has 0 N–H and O–H groups in total. The van der Waals surface area contributed by atoms with E-state index in [9.17, 15) is 0 Å². The zero-order chi connectivity index (χ0) is 9.97. The van der Waals surface area contributed by atoms with E-state index in [0.717, 1.165) is 11.7 Å². The average molecular weight is 215 g/mol. The summed E-state index contributed by atoms with van der Waals surface area (Å²) in [5, 5.41) is 4.01. The minimum Gasteiger partial charge on any atom is -0.339 e. The van der Waals surface area contributed by atoms with Crippen molar-refractivity contribution in [1.29, 1.82) is 0 Å². The van der Waals surface area contributed by atoms with Crippen LogP contribution in [0.25, 0.3) is 0 Å². The van der Waals surface area contributed by atoms with E-state index in [4.69, 9.17) is 16.1 Å². The Morgan fingerprint density at radius 1 is 1.50 bits per heavy atom. The summed E-state index contributed by atoms with van der Waals surface area (Å²) in [4.78, 5) is 4.35. The van der Waals surface area contributed by atoms with E-state index in [1.54, 1.807) is 0 Å². The van der Waals surface area contributed by atoms with E-state index in [-0.39, 0.29) is 0 Å².